The Bertz CT molecular complexity index is 2000. The molecule has 0 aliphatic rings. The van der Waals surface area contributed by atoms with Gasteiger partial charge in [-0.05, 0) is 86.0 Å². The van der Waals surface area contributed by atoms with Crippen molar-refractivity contribution in [3.8, 4) is 23.1 Å². The summed E-state index contributed by atoms with van der Waals surface area (Å²) in [7, 11) is 1.60. The summed E-state index contributed by atoms with van der Waals surface area (Å²) in [5.74, 6) is 1.92. The van der Waals surface area contributed by atoms with Crippen molar-refractivity contribution in [2.24, 2.45) is 5.10 Å². The summed E-state index contributed by atoms with van der Waals surface area (Å²) < 4.78 is 20.3. The molecule has 0 atom stereocenters. The van der Waals surface area contributed by atoms with E-state index in [0.717, 1.165) is 10.9 Å². The molecule has 10 heteroatoms. The molecule has 204 valence electrons. The van der Waals surface area contributed by atoms with Gasteiger partial charge in [0.15, 0.2) is 5.76 Å². The predicted octanol–water partition coefficient (Wildman–Crippen LogP) is 8.46. The van der Waals surface area contributed by atoms with Crippen LogP contribution in [-0.2, 0) is 6.61 Å². The third kappa shape index (κ3) is 5.40. The van der Waals surface area contributed by atoms with Gasteiger partial charge in [0.2, 0.25) is 5.82 Å². The van der Waals surface area contributed by atoms with Gasteiger partial charge in [0.1, 0.15) is 23.7 Å². The molecule has 2 heterocycles. The summed E-state index contributed by atoms with van der Waals surface area (Å²) in [6.07, 6.45) is 1.58. The van der Waals surface area contributed by atoms with Gasteiger partial charge in [-0.1, -0.05) is 48.0 Å². The minimum Gasteiger partial charge on any atom is -0.496 e. The van der Waals surface area contributed by atoms with Crippen molar-refractivity contribution in [1.29, 1.82) is 0 Å². The van der Waals surface area contributed by atoms with Crippen LogP contribution in [0.5, 0.6) is 11.5 Å². The molecule has 6 rings (SSSR count). The van der Waals surface area contributed by atoms with Crippen LogP contribution in [0.15, 0.2) is 108 Å². The number of hydrogen-bond acceptors (Lipinski definition) is 6. The molecular formula is C31H20Br2ClN3O4. The largest absolute Gasteiger partial charge is 0.496 e. The molecule has 4 aromatic carbocycles. The fourth-order valence-electron chi connectivity index (χ4n) is 4.39. The van der Waals surface area contributed by atoms with E-state index in [9.17, 15) is 4.79 Å². The van der Waals surface area contributed by atoms with Crippen molar-refractivity contribution in [3.05, 3.63) is 120 Å². The highest BCUT2D eigenvalue weighted by Gasteiger charge is 2.18. The van der Waals surface area contributed by atoms with E-state index in [4.69, 9.17) is 30.5 Å². The van der Waals surface area contributed by atoms with Crippen LogP contribution in [0.2, 0.25) is 5.02 Å². The smallest absolute Gasteiger partial charge is 0.282 e. The van der Waals surface area contributed by atoms with Crippen LogP contribution in [0, 0.1) is 0 Å². The number of hydrogen-bond donors (Lipinski definition) is 0. The van der Waals surface area contributed by atoms with Crippen LogP contribution in [0.1, 0.15) is 11.1 Å². The van der Waals surface area contributed by atoms with E-state index in [-0.39, 0.29) is 11.4 Å². The number of benzene rings is 4. The number of aromatic nitrogens is 2. The molecule has 0 saturated carbocycles. The first-order valence-corrected chi connectivity index (χ1v) is 14.4. The summed E-state index contributed by atoms with van der Waals surface area (Å²) in [6.45, 7) is 0.300. The molecule has 2 aromatic heterocycles. The number of furan rings is 1. The molecule has 0 unspecified atom stereocenters. The summed E-state index contributed by atoms with van der Waals surface area (Å²) in [4.78, 5) is 18.4. The topological polar surface area (TPSA) is 78.9 Å². The molecule has 0 saturated heterocycles. The van der Waals surface area contributed by atoms with E-state index in [1.165, 1.54) is 4.68 Å². The van der Waals surface area contributed by atoms with Crippen molar-refractivity contribution in [2.45, 2.75) is 6.61 Å². The molecule has 0 aliphatic heterocycles. The van der Waals surface area contributed by atoms with Gasteiger partial charge < -0.3 is 13.9 Å². The average Bonchev–Trinajstić information content (AvgIpc) is 3.41. The Labute approximate surface area is 256 Å². The normalized spacial score (nSPS) is 11.5. The van der Waals surface area contributed by atoms with Crippen molar-refractivity contribution in [3.63, 3.8) is 0 Å². The zero-order valence-corrected chi connectivity index (χ0v) is 25.4. The summed E-state index contributed by atoms with van der Waals surface area (Å²) in [5, 5.41) is 6.40. The highest BCUT2D eigenvalue weighted by atomic mass is 79.9. The molecular weight excluding hydrogens is 674 g/mol. The number of halogens is 3. The predicted molar refractivity (Wildman–Crippen MR) is 168 cm³/mol. The van der Waals surface area contributed by atoms with Gasteiger partial charge in [-0.15, -0.1) is 0 Å². The fourth-order valence-corrected chi connectivity index (χ4v) is 6.04. The quantitative estimate of drug-likeness (QED) is 0.157. The molecule has 41 heavy (non-hydrogen) atoms. The minimum atomic E-state index is -0.327. The molecule has 0 spiro atoms. The van der Waals surface area contributed by atoms with E-state index >= 15 is 0 Å². The molecule has 0 fully saturated rings. The van der Waals surface area contributed by atoms with Crippen LogP contribution in [0.4, 0.5) is 0 Å². The Hall–Kier alpha value is -3.92. The lowest BCUT2D eigenvalue weighted by atomic mass is 10.2. The second-order valence-electron chi connectivity index (χ2n) is 8.99. The SMILES string of the molecule is COc1cccc2oc(-c3nc4ccccc4c(=O)n3N=Cc3cc(Br)c(OCc4ccccc4Cl)c(Br)c3)cc12. The van der Waals surface area contributed by atoms with E-state index in [2.05, 4.69) is 37.0 Å². The van der Waals surface area contributed by atoms with Crippen molar-refractivity contribution < 1.29 is 13.9 Å². The third-order valence-corrected chi connectivity index (χ3v) is 7.94. The Morgan fingerprint density at radius 2 is 1.73 bits per heavy atom. The molecule has 0 radical (unpaired) electrons. The lowest BCUT2D eigenvalue weighted by Gasteiger charge is -2.12. The van der Waals surface area contributed by atoms with E-state index in [0.29, 0.717) is 59.9 Å². The lowest BCUT2D eigenvalue weighted by molar-refractivity contribution is 0.302. The minimum absolute atomic E-state index is 0.265. The number of para-hydroxylation sites is 1. The molecule has 7 nitrogen and oxygen atoms in total. The van der Waals surface area contributed by atoms with Crippen LogP contribution in [0.3, 0.4) is 0 Å². The van der Waals surface area contributed by atoms with Crippen LogP contribution >= 0.6 is 43.5 Å². The number of nitrogens with zero attached hydrogens (tertiary/aromatic N) is 3. The first-order chi connectivity index (χ1) is 19.9. The van der Waals surface area contributed by atoms with Crippen LogP contribution in [0.25, 0.3) is 33.5 Å². The Kier molecular flexibility index (Phi) is 7.66. The van der Waals surface area contributed by atoms with Crippen molar-refractivity contribution >= 4 is 71.5 Å². The summed E-state index contributed by atoms with van der Waals surface area (Å²) in [6, 6.07) is 25.7. The number of methoxy groups -OCH3 is 1. The standard InChI is InChI=1S/C31H20Br2ClN3O4/c1-39-26-11-6-12-27-21(26)15-28(41-27)30-36-25-10-5-3-8-20(25)31(38)37(30)35-16-18-13-22(32)29(23(33)14-18)40-17-19-7-2-4-9-24(19)34/h2-16H,17H2,1H3. The maximum atomic E-state index is 13.6. The Morgan fingerprint density at radius 1 is 0.976 bits per heavy atom. The zero-order chi connectivity index (χ0) is 28.5. The second-order valence-corrected chi connectivity index (χ2v) is 11.1. The average molecular weight is 694 g/mol. The Morgan fingerprint density at radius 3 is 2.51 bits per heavy atom. The van der Waals surface area contributed by atoms with Gasteiger partial charge in [-0.25, -0.2) is 4.98 Å². The highest BCUT2D eigenvalue weighted by molar-refractivity contribution is 9.11. The molecule has 0 N–H and O–H groups in total. The molecule has 0 bridgehead atoms. The first kappa shape index (κ1) is 27.3. The monoisotopic (exact) mass is 691 g/mol. The highest BCUT2D eigenvalue weighted by Crippen LogP contribution is 2.36. The van der Waals surface area contributed by atoms with Crippen LogP contribution in [-0.4, -0.2) is 23.0 Å². The first-order valence-electron chi connectivity index (χ1n) is 12.4. The van der Waals surface area contributed by atoms with Crippen molar-refractivity contribution in [1.82, 2.24) is 9.66 Å². The zero-order valence-electron chi connectivity index (χ0n) is 21.5. The summed E-state index contributed by atoms with van der Waals surface area (Å²) in [5.41, 5.74) is 2.41. The Balaban J connectivity index is 1.39. The van der Waals surface area contributed by atoms with Gasteiger partial charge in [0.05, 0.1) is 38.6 Å². The van der Waals surface area contributed by atoms with Gasteiger partial charge in [-0.3, -0.25) is 4.79 Å². The van der Waals surface area contributed by atoms with Crippen molar-refractivity contribution in [2.75, 3.05) is 7.11 Å². The molecule has 0 amide bonds. The lowest BCUT2D eigenvalue weighted by Crippen LogP contribution is -2.20. The molecule has 6 aromatic rings. The van der Waals surface area contributed by atoms with Gasteiger partial charge in [-0.2, -0.15) is 9.78 Å². The third-order valence-electron chi connectivity index (χ3n) is 6.39. The number of ether oxygens (including phenoxy) is 2. The van der Waals surface area contributed by atoms with E-state index in [1.54, 1.807) is 37.6 Å². The maximum absolute atomic E-state index is 13.6. The van der Waals surface area contributed by atoms with Crippen LogP contribution < -0.4 is 15.0 Å². The van der Waals surface area contributed by atoms with E-state index < -0.39 is 0 Å². The fraction of sp³-hybridized carbons (Fsp3) is 0.0645. The molecule has 0 aliphatic carbocycles. The van der Waals surface area contributed by atoms with Gasteiger partial charge in [0.25, 0.3) is 5.56 Å². The summed E-state index contributed by atoms with van der Waals surface area (Å²) >= 11 is 13.5. The maximum Gasteiger partial charge on any atom is 0.282 e. The van der Waals surface area contributed by atoms with Gasteiger partial charge >= 0.3 is 0 Å². The number of rotatable bonds is 7. The van der Waals surface area contributed by atoms with Gasteiger partial charge in [0, 0.05) is 10.6 Å². The van der Waals surface area contributed by atoms with E-state index in [1.807, 2.05) is 60.7 Å². The number of fused-ring (bicyclic) bond motifs is 2. The second kappa shape index (κ2) is 11.5.